The third kappa shape index (κ3) is 4.75. The quantitative estimate of drug-likeness (QED) is 0.282. The van der Waals surface area contributed by atoms with Crippen LogP contribution < -0.4 is 0 Å². The van der Waals surface area contributed by atoms with E-state index in [2.05, 4.69) is 46.6 Å². The number of hydrogen-bond acceptors (Lipinski definition) is 5. The van der Waals surface area contributed by atoms with Gasteiger partial charge in [0.25, 0.3) is 0 Å². The minimum Gasteiger partial charge on any atom is -0.461 e. The van der Waals surface area contributed by atoms with Crippen LogP contribution in [0.3, 0.4) is 0 Å². The molecule has 2 heterocycles. The van der Waals surface area contributed by atoms with E-state index in [4.69, 9.17) is 4.42 Å². The summed E-state index contributed by atoms with van der Waals surface area (Å²) in [5.74, 6) is 1.60. The zero-order valence-corrected chi connectivity index (χ0v) is 19.6. The number of hydrogen-bond donors (Lipinski definition) is 0. The van der Waals surface area contributed by atoms with Gasteiger partial charge in [0.05, 0.1) is 18.6 Å². The van der Waals surface area contributed by atoms with Crippen molar-refractivity contribution >= 4 is 28.4 Å². The summed E-state index contributed by atoms with van der Waals surface area (Å²) in [4.78, 5) is 14.8. The van der Waals surface area contributed by atoms with Gasteiger partial charge >= 0.3 is 0 Å². The number of thioether (sulfide) groups is 1. The summed E-state index contributed by atoms with van der Waals surface area (Å²) in [6.07, 6.45) is 1.62. The first kappa shape index (κ1) is 22.0. The second kappa shape index (κ2) is 9.97. The number of fused-ring (bicyclic) bond motifs is 1. The molecule has 0 unspecified atom stereocenters. The highest BCUT2D eigenvalue weighted by Gasteiger charge is 2.19. The van der Waals surface area contributed by atoms with Gasteiger partial charge in [-0.3, -0.25) is 9.36 Å². The van der Waals surface area contributed by atoms with Gasteiger partial charge in [0.1, 0.15) is 0 Å². The van der Waals surface area contributed by atoms with E-state index in [-0.39, 0.29) is 11.7 Å². The second-order valence-corrected chi connectivity index (χ2v) is 8.97. The Morgan fingerprint density at radius 3 is 2.56 bits per heavy atom. The molecule has 0 aliphatic heterocycles. The lowest BCUT2D eigenvalue weighted by Gasteiger charge is -2.18. The van der Waals surface area contributed by atoms with Crippen molar-refractivity contribution in [1.82, 2.24) is 19.7 Å². The van der Waals surface area contributed by atoms with Crippen LogP contribution in [-0.4, -0.2) is 38.4 Å². The summed E-state index contributed by atoms with van der Waals surface area (Å²) in [7, 11) is 1.84. The van der Waals surface area contributed by atoms with E-state index in [1.807, 2.05) is 60.1 Å². The minimum atomic E-state index is 0.0340. The van der Waals surface area contributed by atoms with Gasteiger partial charge < -0.3 is 9.32 Å². The minimum absolute atomic E-state index is 0.0340. The molecule has 170 valence electrons. The van der Waals surface area contributed by atoms with Crippen molar-refractivity contribution in [3.63, 3.8) is 0 Å². The first-order valence-corrected chi connectivity index (χ1v) is 12.0. The second-order valence-electron chi connectivity index (χ2n) is 8.03. The van der Waals surface area contributed by atoms with Crippen LogP contribution >= 0.6 is 11.8 Å². The molecule has 0 fully saturated rings. The van der Waals surface area contributed by atoms with Crippen LogP contribution in [0.4, 0.5) is 0 Å². The normalized spacial score (nSPS) is 11.1. The highest BCUT2D eigenvalue weighted by atomic mass is 32.2. The van der Waals surface area contributed by atoms with Gasteiger partial charge in [-0.1, -0.05) is 84.6 Å². The number of benzene rings is 3. The fourth-order valence-corrected chi connectivity index (χ4v) is 4.78. The first-order valence-electron chi connectivity index (χ1n) is 11.0. The highest BCUT2D eigenvalue weighted by Crippen LogP contribution is 2.26. The molecule has 0 atom stereocenters. The molecule has 5 rings (SSSR count). The van der Waals surface area contributed by atoms with Gasteiger partial charge in [0, 0.05) is 13.6 Å². The van der Waals surface area contributed by atoms with Crippen LogP contribution in [0, 0.1) is 0 Å². The zero-order valence-electron chi connectivity index (χ0n) is 18.8. The Kier molecular flexibility index (Phi) is 6.44. The maximum absolute atomic E-state index is 13.0. The third-order valence-corrected chi connectivity index (χ3v) is 6.63. The molecular weight excluding hydrogens is 444 g/mol. The van der Waals surface area contributed by atoms with E-state index in [1.165, 1.54) is 22.5 Å². The van der Waals surface area contributed by atoms with Crippen LogP contribution in [0.2, 0.25) is 0 Å². The lowest BCUT2D eigenvalue weighted by Crippen LogP contribution is -2.28. The fraction of sp³-hybridized carbons (Fsp3) is 0.148. The Hall–Kier alpha value is -3.84. The standard InChI is InChI=1S/C27H24N4O2S/c1-30(18-22-13-7-12-21-11-5-6-14-23(21)22)25(32)19-34-27-29-28-26(24-15-8-16-33-24)31(27)17-20-9-3-2-4-10-20/h2-16H,17-19H2,1H3. The first-order chi connectivity index (χ1) is 16.7. The molecule has 34 heavy (non-hydrogen) atoms. The van der Waals surface area contributed by atoms with Crippen LogP contribution in [0.25, 0.3) is 22.4 Å². The Morgan fingerprint density at radius 1 is 0.941 bits per heavy atom. The van der Waals surface area contributed by atoms with Crippen LogP contribution in [0.15, 0.2) is 101 Å². The average Bonchev–Trinajstić information content (AvgIpc) is 3.53. The van der Waals surface area contributed by atoms with Crippen molar-refractivity contribution < 1.29 is 9.21 Å². The number of nitrogens with zero attached hydrogens (tertiary/aromatic N) is 4. The summed E-state index contributed by atoms with van der Waals surface area (Å²) in [5, 5.41) is 11.8. The molecule has 7 heteroatoms. The molecule has 1 amide bonds. The van der Waals surface area contributed by atoms with E-state index in [9.17, 15) is 4.79 Å². The topological polar surface area (TPSA) is 64.2 Å². The molecule has 0 bridgehead atoms. The average molecular weight is 469 g/mol. The number of rotatable bonds is 8. The van der Waals surface area contributed by atoms with Crippen molar-refractivity contribution in [2.45, 2.75) is 18.2 Å². The monoisotopic (exact) mass is 468 g/mol. The van der Waals surface area contributed by atoms with Gasteiger partial charge in [-0.05, 0) is 34.0 Å². The van der Waals surface area contributed by atoms with Crippen LogP contribution in [0.1, 0.15) is 11.1 Å². The molecule has 0 aliphatic rings. The number of amides is 1. The van der Waals surface area contributed by atoms with E-state index in [1.54, 1.807) is 11.2 Å². The predicted molar refractivity (Wildman–Crippen MR) is 134 cm³/mol. The molecule has 0 N–H and O–H groups in total. The SMILES string of the molecule is CN(Cc1cccc2ccccc12)C(=O)CSc1nnc(-c2ccco2)n1Cc1ccccc1. The summed E-state index contributed by atoms with van der Waals surface area (Å²) >= 11 is 1.39. The number of carbonyl (C=O) groups is 1. The third-order valence-electron chi connectivity index (χ3n) is 5.68. The summed E-state index contributed by atoms with van der Waals surface area (Å²) in [6, 6.07) is 28.3. The Labute approximate surface area is 202 Å². The molecule has 5 aromatic rings. The largest absolute Gasteiger partial charge is 0.461 e. The summed E-state index contributed by atoms with van der Waals surface area (Å²) in [6.45, 7) is 1.14. The van der Waals surface area contributed by atoms with E-state index in [0.717, 1.165) is 11.1 Å². The van der Waals surface area contributed by atoms with Crippen molar-refractivity contribution in [2.24, 2.45) is 0 Å². The van der Waals surface area contributed by atoms with Gasteiger partial charge in [-0.15, -0.1) is 10.2 Å². The van der Waals surface area contributed by atoms with Gasteiger partial charge in [-0.2, -0.15) is 0 Å². The molecule has 3 aromatic carbocycles. The maximum Gasteiger partial charge on any atom is 0.233 e. The lowest BCUT2D eigenvalue weighted by molar-refractivity contribution is -0.127. The molecular formula is C27H24N4O2S. The number of aromatic nitrogens is 3. The van der Waals surface area contributed by atoms with Crippen LogP contribution in [0.5, 0.6) is 0 Å². The maximum atomic E-state index is 13.0. The van der Waals surface area contributed by atoms with E-state index < -0.39 is 0 Å². The predicted octanol–water partition coefficient (Wildman–Crippen LogP) is 5.49. The van der Waals surface area contributed by atoms with Gasteiger partial charge in [0.2, 0.25) is 11.7 Å². The summed E-state index contributed by atoms with van der Waals surface area (Å²) in [5.41, 5.74) is 2.25. The lowest BCUT2D eigenvalue weighted by atomic mass is 10.0. The van der Waals surface area contributed by atoms with Gasteiger partial charge in [-0.25, -0.2) is 0 Å². The zero-order chi connectivity index (χ0) is 23.3. The molecule has 2 aromatic heterocycles. The number of carbonyl (C=O) groups excluding carboxylic acids is 1. The molecule has 0 aliphatic carbocycles. The molecule has 6 nitrogen and oxygen atoms in total. The molecule has 0 radical (unpaired) electrons. The summed E-state index contributed by atoms with van der Waals surface area (Å²) < 4.78 is 7.57. The van der Waals surface area contributed by atoms with Crippen molar-refractivity contribution in [3.05, 3.63) is 102 Å². The van der Waals surface area contributed by atoms with Crippen LogP contribution in [-0.2, 0) is 17.9 Å². The van der Waals surface area contributed by atoms with E-state index >= 15 is 0 Å². The van der Waals surface area contributed by atoms with Crippen molar-refractivity contribution in [2.75, 3.05) is 12.8 Å². The Balaban J connectivity index is 1.31. The Bertz CT molecular complexity index is 1390. The fourth-order valence-electron chi connectivity index (χ4n) is 3.90. The molecule has 0 spiro atoms. The smallest absolute Gasteiger partial charge is 0.233 e. The Morgan fingerprint density at radius 2 is 1.74 bits per heavy atom. The highest BCUT2D eigenvalue weighted by molar-refractivity contribution is 7.99. The number of furan rings is 1. The van der Waals surface area contributed by atoms with Crippen molar-refractivity contribution in [1.29, 1.82) is 0 Å². The molecule has 0 saturated carbocycles. The molecule has 0 saturated heterocycles. The van der Waals surface area contributed by atoms with E-state index in [0.29, 0.717) is 29.8 Å². The van der Waals surface area contributed by atoms with Crippen molar-refractivity contribution in [3.8, 4) is 11.6 Å². The van der Waals surface area contributed by atoms with Gasteiger partial charge in [0.15, 0.2) is 10.9 Å².